The molecule has 4 heteroatoms. The molecule has 1 heterocycles. The maximum atomic E-state index is 11.9. The quantitative estimate of drug-likeness (QED) is 0.647. The van der Waals surface area contributed by atoms with Crippen molar-refractivity contribution in [3.05, 3.63) is 12.7 Å². The average molecular weight is 198 g/mol. The predicted octanol–water partition coefficient (Wildman–Crippen LogP) is 0.00930. The molecule has 0 aromatic heterocycles. The summed E-state index contributed by atoms with van der Waals surface area (Å²) in [6, 6.07) is -0.177. The van der Waals surface area contributed by atoms with E-state index in [1.807, 2.05) is 6.92 Å². The van der Waals surface area contributed by atoms with Crippen molar-refractivity contribution in [2.24, 2.45) is 0 Å². The fourth-order valence-electron chi connectivity index (χ4n) is 1.48. The maximum Gasteiger partial charge on any atom is 0.242 e. The zero-order valence-corrected chi connectivity index (χ0v) is 8.66. The Morgan fingerprint density at radius 2 is 2.57 bits per heavy atom. The molecular formula is C10H18N2O2. The summed E-state index contributed by atoms with van der Waals surface area (Å²) in [6.07, 6.45) is 1.74. The van der Waals surface area contributed by atoms with Crippen molar-refractivity contribution >= 4 is 5.91 Å². The van der Waals surface area contributed by atoms with E-state index in [2.05, 4.69) is 11.9 Å². The molecule has 1 fully saturated rings. The summed E-state index contributed by atoms with van der Waals surface area (Å²) in [7, 11) is 0. The lowest BCUT2D eigenvalue weighted by Gasteiger charge is -2.28. The first-order valence-corrected chi connectivity index (χ1v) is 5.00. The number of carbonyl (C=O) groups excluding carboxylic acids is 1. The molecule has 0 aromatic rings. The zero-order valence-electron chi connectivity index (χ0n) is 8.66. The highest BCUT2D eigenvalue weighted by atomic mass is 16.5. The molecule has 1 saturated heterocycles. The van der Waals surface area contributed by atoms with Crippen molar-refractivity contribution in [3.8, 4) is 0 Å². The largest absolute Gasteiger partial charge is 0.378 e. The number of rotatable bonds is 4. The molecule has 1 aliphatic rings. The van der Waals surface area contributed by atoms with Gasteiger partial charge in [-0.25, -0.2) is 0 Å². The van der Waals surface area contributed by atoms with Gasteiger partial charge in [0, 0.05) is 19.6 Å². The van der Waals surface area contributed by atoms with Gasteiger partial charge in [0.05, 0.1) is 13.2 Å². The van der Waals surface area contributed by atoms with E-state index in [-0.39, 0.29) is 11.9 Å². The van der Waals surface area contributed by atoms with Gasteiger partial charge in [-0.2, -0.15) is 0 Å². The van der Waals surface area contributed by atoms with Crippen LogP contribution in [0.1, 0.15) is 6.92 Å². The number of likely N-dealkylation sites (N-methyl/N-ethyl adjacent to an activating group) is 1. The zero-order chi connectivity index (χ0) is 10.4. The van der Waals surface area contributed by atoms with E-state index < -0.39 is 0 Å². The van der Waals surface area contributed by atoms with Gasteiger partial charge in [0.25, 0.3) is 0 Å². The molecule has 0 bridgehead atoms. The van der Waals surface area contributed by atoms with Crippen LogP contribution >= 0.6 is 0 Å². The van der Waals surface area contributed by atoms with Gasteiger partial charge in [-0.3, -0.25) is 4.79 Å². The Morgan fingerprint density at radius 3 is 3.07 bits per heavy atom. The maximum absolute atomic E-state index is 11.9. The Morgan fingerprint density at radius 1 is 1.79 bits per heavy atom. The Labute approximate surface area is 84.9 Å². The van der Waals surface area contributed by atoms with Crippen LogP contribution in [0.3, 0.4) is 0 Å². The number of carbonyl (C=O) groups is 1. The van der Waals surface area contributed by atoms with Crippen molar-refractivity contribution < 1.29 is 9.53 Å². The van der Waals surface area contributed by atoms with E-state index >= 15 is 0 Å². The molecule has 1 rings (SSSR count). The number of nitrogens with one attached hydrogen (secondary N) is 1. The van der Waals surface area contributed by atoms with E-state index in [1.54, 1.807) is 11.0 Å². The molecule has 1 aliphatic heterocycles. The monoisotopic (exact) mass is 198 g/mol. The van der Waals surface area contributed by atoms with Gasteiger partial charge < -0.3 is 15.0 Å². The number of morpholine rings is 1. The molecule has 4 nitrogen and oxygen atoms in total. The first-order valence-electron chi connectivity index (χ1n) is 5.00. The Hall–Kier alpha value is -0.870. The van der Waals surface area contributed by atoms with Crippen LogP contribution in [-0.2, 0) is 9.53 Å². The molecule has 0 aliphatic carbocycles. The smallest absolute Gasteiger partial charge is 0.242 e. The number of amides is 1. The van der Waals surface area contributed by atoms with Crippen LogP contribution in [0.5, 0.6) is 0 Å². The van der Waals surface area contributed by atoms with Gasteiger partial charge in [0.1, 0.15) is 6.04 Å². The van der Waals surface area contributed by atoms with Crippen LogP contribution in [0, 0.1) is 0 Å². The van der Waals surface area contributed by atoms with Crippen LogP contribution in [-0.4, -0.2) is 49.7 Å². The third-order valence-corrected chi connectivity index (χ3v) is 2.26. The highest BCUT2D eigenvalue weighted by molar-refractivity contribution is 5.82. The number of hydrogen-bond donors (Lipinski definition) is 1. The second kappa shape index (κ2) is 5.78. The molecular weight excluding hydrogens is 180 g/mol. The number of hydrogen-bond acceptors (Lipinski definition) is 3. The Balaban J connectivity index is 2.47. The third-order valence-electron chi connectivity index (χ3n) is 2.26. The summed E-state index contributed by atoms with van der Waals surface area (Å²) in [5, 5.41) is 3.14. The Kier molecular flexibility index (Phi) is 4.62. The van der Waals surface area contributed by atoms with Crippen molar-refractivity contribution in [1.82, 2.24) is 10.2 Å². The summed E-state index contributed by atoms with van der Waals surface area (Å²) in [6.45, 7) is 8.83. The van der Waals surface area contributed by atoms with Gasteiger partial charge >= 0.3 is 0 Å². The van der Waals surface area contributed by atoms with Gasteiger partial charge in [0.15, 0.2) is 0 Å². The number of nitrogens with zero attached hydrogens (tertiary/aromatic N) is 1. The second-order valence-electron chi connectivity index (χ2n) is 3.25. The first-order chi connectivity index (χ1) is 6.79. The molecule has 0 radical (unpaired) electrons. The molecule has 0 aromatic carbocycles. The average Bonchev–Trinajstić information content (AvgIpc) is 2.26. The first kappa shape index (κ1) is 11.2. The normalized spacial score (nSPS) is 21.6. The lowest BCUT2D eigenvalue weighted by atomic mass is 10.2. The van der Waals surface area contributed by atoms with E-state index in [9.17, 15) is 4.79 Å². The van der Waals surface area contributed by atoms with E-state index in [0.29, 0.717) is 26.3 Å². The van der Waals surface area contributed by atoms with E-state index in [0.717, 1.165) is 6.54 Å². The molecule has 1 N–H and O–H groups in total. The van der Waals surface area contributed by atoms with Gasteiger partial charge in [-0.1, -0.05) is 6.08 Å². The summed E-state index contributed by atoms with van der Waals surface area (Å²) >= 11 is 0. The van der Waals surface area contributed by atoms with E-state index in [1.165, 1.54) is 0 Å². The molecule has 1 amide bonds. The van der Waals surface area contributed by atoms with Crippen molar-refractivity contribution in [1.29, 1.82) is 0 Å². The summed E-state index contributed by atoms with van der Waals surface area (Å²) in [5.41, 5.74) is 0. The van der Waals surface area contributed by atoms with Gasteiger partial charge in [0.2, 0.25) is 5.91 Å². The SMILES string of the molecule is C=CCN(CC)C(=O)C1COCCN1. The highest BCUT2D eigenvalue weighted by Gasteiger charge is 2.24. The van der Waals surface area contributed by atoms with Gasteiger partial charge in [-0.05, 0) is 6.92 Å². The van der Waals surface area contributed by atoms with Gasteiger partial charge in [-0.15, -0.1) is 6.58 Å². The van der Waals surface area contributed by atoms with Crippen LogP contribution in [0.4, 0.5) is 0 Å². The standard InChI is InChI=1S/C10H18N2O2/c1-3-6-12(4-2)10(13)9-8-14-7-5-11-9/h3,9,11H,1,4-8H2,2H3. The summed E-state index contributed by atoms with van der Waals surface area (Å²) in [4.78, 5) is 13.6. The molecule has 80 valence electrons. The summed E-state index contributed by atoms with van der Waals surface area (Å²) in [5.74, 6) is 0.104. The molecule has 14 heavy (non-hydrogen) atoms. The topological polar surface area (TPSA) is 41.6 Å². The minimum Gasteiger partial charge on any atom is -0.378 e. The fourth-order valence-corrected chi connectivity index (χ4v) is 1.48. The van der Waals surface area contributed by atoms with Crippen LogP contribution in [0.2, 0.25) is 0 Å². The Bertz CT molecular complexity index is 200. The third kappa shape index (κ3) is 2.82. The van der Waals surface area contributed by atoms with Crippen LogP contribution in [0.25, 0.3) is 0 Å². The lowest BCUT2D eigenvalue weighted by Crippen LogP contribution is -2.52. The lowest BCUT2D eigenvalue weighted by molar-refractivity contribution is -0.135. The predicted molar refractivity (Wildman–Crippen MR) is 55.1 cm³/mol. The minimum absolute atomic E-state index is 0.104. The molecule has 1 atom stereocenters. The molecule has 1 unspecified atom stereocenters. The summed E-state index contributed by atoms with van der Waals surface area (Å²) < 4.78 is 5.24. The fraction of sp³-hybridized carbons (Fsp3) is 0.700. The van der Waals surface area contributed by atoms with E-state index in [4.69, 9.17) is 4.74 Å². The van der Waals surface area contributed by atoms with Crippen LogP contribution in [0.15, 0.2) is 12.7 Å². The molecule has 0 saturated carbocycles. The number of ether oxygens (including phenoxy) is 1. The highest BCUT2D eigenvalue weighted by Crippen LogP contribution is 2.00. The van der Waals surface area contributed by atoms with Crippen LogP contribution < -0.4 is 5.32 Å². The van der Waals surface area contributed by atoms with Crippen molar-refractivity contribution in [2.45, 2.75) is 13.0 Å². The van der Waals surface area contributed by atoms with Crippen molar-refractivity contribution in [2.75, 3.05) is 32.8 Å². The second-order valence-corrected chi connectivity index (χ2v) is 3.25. The minimum atomic E-state index is -0.177. The molecule has 0 spiro atoms. The van der Waals surface area contributed by atoms with Crippen molar-refractivity contribution in [3.63, 3.8) is 0 Å².